The molecule has 0 bridgehead atoms. The minimum atomic E-state index is -1.35. The Morgan fingerprint density at radius 1 is 1.00 bits per heavy atom. The van der Waals surface area contributed by atoms with Crippen molar-refractivity contribution >= 4 is 45.3 Å². The standard InChI is InChI=1S/C30H25F2N7O2S/c1-39-27-21(9-6-10-22(27)29(37-39)38-42(2)41)23-15-25-30(36-28(34-25)18-7-4-3-5-8-18)35-26(23)24(33-16-40)13-17-11-19(31)14-20(32)12-17/h3-12,14-16,24H,13H2,1-2H3,(H,33,40)(H,37,38)(H,34,35,36). The fraction of sp³-hybridized carbons (Fsp3) is 0.133. The highest BCUT2D eigenvalue weighted by atomic mass is 32.2. The maximum absolute atomic E-state index is 14.1. The van der Waals surface area contributed by atoms with Gasteiger partial charge in [0.25, 0.3) is 0 Å². The second-order valence-corrected chi connectivity index (χ2v) is 10.9. The Balaban J connectivity index is 1.59. The van der Waals surface area contributed by atoms with E-state index in [4.69, 9.17) is 9.97 Å². The molecule has 0 aliphatic rings. The van der Waals surface area contributed by atoms with Crippen LogP contribution in [0.15, 0.2) is 72.8 Å². The number of hydrogen-bond donors (Lipinski definition) is 3. The summed E-state index contributed by atoms with van der Waals surface area (Å²) in [6.07, 6.45) is 2.13. The largest absolute Gasteiger partial charge is 0.350 e. The Morgan fingerprint density at radius 2 is 1.76 bits per heavy atom. The van der Waals surface area contributed by atoms with E-state index in [1.165, 1.54) is 18.4 Å². The maximum atomic E-state index is 14.1. The van der Waals surface area contributed by atoms with Crippen molar-refractivity contribution in [2.75, 3.05) is 11.0 Å². The second kappa shape index (κ2) is 11.1. The minimum absolute atomic E-state index is 0.0673. The number of aryl methyl sites for hydroxylation is 1. The molecule has 0 aliphatic carbocycles. The van der Waals surface area contributed by atoms with Crippen LogP contribution in [0.3, 0.4) is 0 Å². The monoisotopic (exact) mass is 585 g/mol. The van der Waals surface area contributed by atoms with Crippen molar-refractivity contribution < 1.29 is 17.8 Å². The third-order valence-corrected chi connectivity index (χ3v) is 7.39. The molecular formula is C30H25F2N7O2S. The molecule has 0 spiro atoms. The molecule has 1 amide bonds. The molecule has 2 atom stereocenters. The van der Waals surface area contributed by atoms with E-state index in [1.54, 1.807) is 11.7 Å². The molecule has 6 rings (SSSR count). The van der Waals surface area contributed by atoms with Crippen LogP contribution in [-0.2, 0) is 29.2 Å². The number of fused-ring (bicyclic) bond motifs is 2. The van der Waals surface area contributed by atoms with Crippen molar-refractivity contribution in [1.29, 1.82) is 0 Å². The van der Waals surface area contributed by atoms with Crippen LogP contribution in [0.25, 0.3) is 44.6 Å². The molecule has 2 unspecified atom stereocenters. The third-order valence-electron chi connectivity index (χ3n) is 6.91. The predicted molar refractivity (Wildman–Crippen MR) is 159 cm³/mol. The van der Waals surface area contributed by atoms with Gasteiger partial charge in [0.2, 0.25) is 6.41 Å². The number of pyridine rings is 1. The van der Waals surface area contributed by atoms with Gasteiger partial charge >= 0.3 is 0 Å². The summed E-state index contributed by atoms with van der Waals surface area (Å²) >= 11 is 0. The first-order valence-corrected chi connectivity index (χ1v) is 14.5. The van der Waals surface area contributed by atoms with Crippen LogP contribution in [0.4, 0.5) is 14.6 Å². The summed E-state index contributed by atoms with van der Waals surface area (Å²) in [4.78, 5) is 24.8. The molecule has 0 radical (unpaired) electrons. The number of rotatable bonds is 9. The molecule has 0 saturated carbocycles. The molecule has 12 heteroatoms. The molecule has 212 valence electrons. The molecule has 3 aromatic heterocycles. The van der Waals surface area contributed by atoms with Crippen LogP contribution in [0.5, 0.6) is 0 Å². The second-order valence-electron chi connectivity index (χ2n) is 9.79. The fourth-order valence-electron chi connectivity index (χ4n) is 5.22. The number of carbonyl (C=O) groups excluding carboxylic acids is 1. The van der Waals surface area contributed by atoms with Crippen molar-refractivity contribution in [2.24, 2.45) is 7.05 Å². The summed E-state index contributed by atoms with van der Waals surface area (Å²) in [5.74, 6) is -0.363. The Bertz CT molecular complexity index is 1950. The number of para-hydroxylation sites is 1. The molecule has 42 heavy (non-hydrogen) atoms. The normalized spacial score (nSPS) is 12.9. The Morgan fingerprint density at radius 3 is 2.48 bits per heavy atom. The molecule has 3 heterocycles. The number of H-pyrrole nitrogens is 1. The van der Waals surface area contributed by atoms with Gasteiger partial charge in [0.15, 0.2) is 11.5 Å². The molecule has 6 aromatic rings. The van der Waals surface area contributed by atoms with Gasteiger partial charge in [-0.3, -0.25) is 14.2 Å². The zero-order valence-corrected chi connectivity index (χ0v) is 23.4. The number of anilines is 1. The van der Waals surface area contributed by atoms with Gasteiger partial charge in [-0.25, -0.2) is 23.0 Å². The van der Waals surface area contributed by atoms with Crippen molar-refractivity contribution in [3.05, 3.63) is 95.7 Å². The van der Waals surface area contributed by atoms with Crippen LogP contribution < -0.4 is 10.0 Å². The molecule has 9 nitrogen and oxygen atoms in total. The van der Waals surface area contributed by atoms with Gasteiger partial charge in [0.05, 0.1) is 22.8 Å². The highest BCUT2D eigenvalue weighted by molar-refractivity contribution is 7.85. The smallest absolute Gasteiger partial charge is 0.207 e. The molecule has 3 N–H and O–H groups in total. The first kappa shape index (κ1) is 27.2. The van der Waals surface area contributed by atoms with E-state index >= 15 is 0 Å². The summed E-state index contributed by atoms with van der Waals surface area (Å²) in [5, 5.41) is 8.06. The van der Waals surface area contributed by atoms with E-state index in [-0.39, 0.29) is 6.42 Å². The van der Waals surface area contributed by atoms with Gasteiger partial charge in [-0.15, -0.1) is 0 Å². The SMILES string of the molecule is Cn1nc(NS(C)=O)c2cccc(-c3cc4[nH]c(-c5ccccc5)nc4nc3C(Cc3cc(F)cc(F)c3)NC=O)c21. The van der Waals surface area contributed by atoms with Crippen LogP contribution in [0.1, 0.15) is 17.3 Å². The average Bonchev–Trinajstić information content (AvgIpc) is 3.52. The summed E-state index contributed by atoms with van der Waals surface area (Å²) in [7, 11) is 0.432. The number of nitrogens with one attached hydrogen (secondary N) is 3. The lowest BCUT2D eigenvalue weighted by Crippen LogP contribution is -2.24. The Kier molecular flexibility index (Phi) is 7.21. The van der Waals surface area contributed by atoms with E-state index in [0.717, 1.165) is 28.1 Å². The van der Waals surface area contributed by atoms with Gasteiger partial charge in [-0.2, -0.15) is 5.10 Å². The van der Waals surface area contributed by atoms with Gasteiger partial charge in [-0.05, 0) is 36.2 Å². The zero-order chi connectivity index (χ0) is 29.4. The van der Waals surface area contributed by atoms with Crippen LogP contribution in [0, 0.1) is 11.6 Å². The van der Waals surface area contributed by atoms with Crippen LogP contribution in [0.2, 0.25) is 0 Å². The lowest BCUT2D eigenvalue weighted by atomic mass is 9.94. The quantitative estimate of drug-likeness (QED) is 0.202. The molecule has 0 aliphatic heterocycles. The summed E-state index contributed by atoms with van der Waals surface area (Å²) in [6, 6.07) is 19.6. The number of carbonyl (C=O) groups is 1. The van der Waals surface area contributed by atoms with Gasteiger partial charge in [0.1, 0.15) is 28.4 Å². The Labute approximate surface area is 241 Å². The average molecular weight is 586 g/mol. The van der Waals surface area contributed by atoms with Crippen molar-refractivity contribution in [2.45, 2.75) is 12.5 Å². The molecule has 0 fully saturated rings. The number of benzene rings is 3. The zero-order valence-electron chi connectivity index (χ0n) is 22.6. The van der Waals surface area contributed by atoms with Crippen molar-refractivity contribution in [1.82, 2.24) is 30.0 Å². The minimum Gasteiger partial charge on any atom is -0.350 e. The van der Waals surface area contributed by atoms with Crippen molar-refractivity contribution in [3.63, 3.8) is 0 Å². The Hall–Kier alpha value is -4.97. The third kappa shape index (κ3) is 5.23. The number of nitrogens with zero attached hydrogens (tertiary/aromatic N) is 4. The number of halogens is 2. The van der Waals surface area contributed by atoms with Crippen LogP contribution >= 0.6 is 0 Å². The van der Waals surface area contributed by atoms with E-state index in [2.05, 4.69) is 20.1 Å². The fourth-order valence-corrected chi connectivity index (χ4v) is 5.64. The van der Waals surface area contributed by atoms with Crippen LogP contribution in [-0.4, -0.2) is 41.6 Å². The van der Waals surface area contributed by atoms with Gasteiger partial charge in [-0.1, -0.05) is 42.5 Å². The summed E-state index contributed by atoms with van der Waals surface area (Å²) in [6.45, 7) is 0. The number of aromatic nitrogens is 5. The number of hydrogen-bond acceptors (Lipinski definition) is 5. The lowest BCUT2D eigenvalue weighted by Gasteiger charge is -2.20. The van der Waals surface area contributed by atoms with E-state index in [1.807, 2.05) is 54.6 Å². The van der Waals surface area contributed by atoms with Gasteiger partial charge in [0, 0.05) is 41.4 Å². The topological polar surface area (TPSA) is 118 Å². The highest BCUT2D eigenvalue weighted by Crippen LogP contribution is 2.38. The van der Waals surface area contributed by atoms with Gasteiger partial charge < -0.3 is 10.3 Å². The number of amides is 1. The first-order chi connectivity index (χ1) is 20.3. The first-order valence-electron chi connectivity index (χ1n) is 13.0. The molecule has 3 aromatic carbocycles. The maximum Gasteiger partial charge on any atom is 0.207 e. The highest BCUT2D eigenvalue weighted by Gasteiger charge is 2.24. The number of aromatic amines is 1. The van der Waals surface area contributed by atoms with E-state index in [0.29, 0.717) is 46.0 Å². The van der Waals surface area contributed by atoms with E-state index in [9.17, 15) is 17.8 Å². The molecular weight excluding hydrogens is 560 g/mol. The summed E-state index contributed by atoms with van der Waals surface area (Å²) in [5.41, 5.74) is 4.86. The van der Waals surface area contributed by atoms with Crippen molar-refractivity contribution in [3.8, 4) is 22.5 Å². The lowest BCUT2D eigenvalue weighted by molar-refractivity contribution is -0.110. The number of imidazole rings is 1. The van der Waals surface area contributed by atoms with E-state index < -0.39 is 28.7 Å². The summed E-state index contributed by atoms with van der Waals surface area (Å²) < 4.78 is 44.7. The molecule has 0 saturated heterocycles. The predicted octanol–water partition coefficient (Wildman–Crippen LogP) is 5.19.